The average Bonchev–Trinajstić information content (AvgIpc) is 2.37. The number of nitrogens with zero attached hydrogens (tertiary/aromatic N) is 2. The number of likely N-dealkylation sites (N-methyl/N-ethyl adjacent to an activating group) is 1. The third-order valence-electron chi connectivity index (χ3n) is 2.89. The first-order chi connectivity index (χ1) is 8.93. The lowest BCUT2D eigenvalue weighted by Crippen LogP contribution is -2.42. The maximum absolute atomic E-state index is 12.1. The van der Waals surface area contributed by atoms with Crippen LogP contribution in [0.5, 0.6) is 0 Å². The summed E-state index contributed by atoms with van der Waals surface area (Å²) >= 11 is 0. The molecule has 0 saturated heterocycles. The minimum atomic E-state index is -0.454. The molecule has 0 radical (unpaired) electrons. The largest absolute Gasteiger partial charge is 0.340 e. The van der Waals surface area contributed by atoms with Gasteiger partial charge in [0.15, 0.2) is 0 Å². The first kappa shape index (κ1) is 15.2. The monoisotopic (exact) mass is 259 g/mol. The third-order valence-corrected chi connectivity index (χ3v) is 2.89. The molecule has 4 nitrogen and oxygen atoms in total. The molecule has 0 bridgehead atoms. The Balaban J connectivity index is 2.66. The summed E-state index contributed by atoms with van der Waals surface area (Å²) in [5, 5.41) is 8.84. The van der Waals surface area contributed by atoms with E-state index in [-0.39, 0.29) is 5.91 Å². The molecule has 1 amide bonds. The smallest absolute Gasteiger partial charge is 0.239 e. The summed E-state index contributed by atoms with van der Waals surface area (Å²) in [5.41, 5.74) is 7.42. The predicted octanol–water partition coefficient (Wildman–Crippen LogP) is 1.89. The van der Waals surface area contributed by atoms with Crippen LogP contribution in [0.1, 0.15) is 31.4 Å². The highest BCUT2D eigenvalue weighted by Gasteiger charge is 2.19. The molecule has 0 fully saturated rings. The predicted molar refractivity (Wildman–Crippen MR) is 75.1 cm³/mol. The zero-order valence-electron chi connectivity index (χ0n) is 11.8. The fraction of sp³-hybridized carbons (Fsp3) is 0.467. The zero-order valence-corrected chi connectivity index (χ0v) is 11.8. The molecule has 102 valence electrons. The number of benzene rings is 1. The van der Waals surface area contributed by atoms with Crippen molar-refractivity contribution in [2.45, 2.75) is 32.9 Å². The molecule has 0 aliphatic rings. The Morgan fingerprint density at radius 2 is 2.16 bits per heavy atom. The molecule has 0 aliphatic heterocycles. The molecular weight excluding hydrogens is 238 g/mol. The van der Waals surface area contributed by atoms with Crippen molar-refractivity contribution in [1.29, 1.82) is 5.26 Å². The Morgan fingerprint density at radius 3 is 2.74 bits per heavy atom. The molecule has 1 atom stereocenters. The topological polar surface area (TPSA) is 70.1 Å². The van der Waals surface area contributed by atoms with Gasteiger partial charge in [-0.15, -0.1) is 0 Å². The number of amides is 1. The number of carbonyl (C=O) groups is 1. The van der Waals surface area contributed by atoms with Crippen molar-refractivity contribution in [3.05, 3.63) is 35.4 Å². The molecular formula is C15H21N3O. The minimum absolute atomic E-state index is 0.0592. The van der Waals surface area contributed by atoms with E-state index < -0.39 is 6.04 Å². The molecule has 1 rings (SSSR count). The van der Waals surface area contributed by atoms with E-state index in [4.69, 9.17) is 11.0 Å². The van der Waals surface area contributed by atoms with Crippen LogP contribution in [0.15, 0.2) is 24.3 Å². The minimum Gasteiger partial charge on any atom is -0.340 e. The molecule has 0 aliphatic carbocycles. The number of hydrogen-bond donors (Lipinski definition) is 1. The van der Waals surface area contributed by atoms with Gasteiger partial charge < -0.3 is 10.6 Å². The number of rotatable bonds is 5. The summed E-state index contributed by atoms with van der Waals surface area (Å²) in [7, 11) is 1.74. The Labute approximate surface area is 114 Å². The van der Waals surface area contributed by atoms with Crippen LogP contribution in [0.3, 0.4) is 0 Å². The van der Waals surface area contributed by atoms with E-state index in [0.29, 0.717) is 24.4 Å². The van der Waals surface area contributed by atoms with E-state index in [9.17, 15) is 4.79 Å². The van der Waals surface area contributed by atoms with Crippen LogP contribution in [0.4, 0.5) is 0 Å². The lowest BCUT2D eigenvalue weighted by atomic mass is 10.0. The number of nitriles is 1. The van der Waals surface area contributed by atoms with Gasteiger partial charge in [-0.1, -0.05) is 26.0 Å². The number of hydrogen-bond acceptors (Lipinski definition) is 3. The molecule has 2 N–H and O–H groups in total. The van der Waals surface area contributed by atoms with E-state index in [0.717, 1.165) is 5.56 Å². The first-order valence-corrected chi connectivity index (χ1v) is 6.43. The molecule has 1 aromatic carbocycles. The van der Waals surface area contributed by atoms with Gasteiger partial charge in [-0.25, -0.2) is 0 Å². The molecule has 0 aromatic heterocycles. The first-order valence-electron chi connectivity index (χ1n) is 6.43. The van der Waals surface area contributed by atoms with Crippen molar-refractivity contribution < 1.29 is 4.79 Å². The van der Waals surface area contributed by atoms with Crippen molar-refractivity contribution in [1.82, 2.24) is 4.90 Å². The third kappa shape index (κ3) is 4.72. The van der Waals surface area contributed by atoms with Gasteiger partial charge >= 0.3 is 0 Å². The normalized spacial score (nSPS) is 12.0. The van der Waals surface area contributed by atoms with Crippen molar-refractivity contribution in [2.75, 3.05) is 7.05 Å². The van der Waals surface area contributed by atoms with E-state index >= 15 is 0 Å². The standard InChI is InChI=1S/C15H21N3O/c1-11(2)7-14(17)15(19)18(3)10-13-6-4-5-12(8-13)9-16/h4-6,8,11,14H,7,10,17H2,1-3H3. The van der Waals surface area contributed by atoms with Crippen LogP contribution >= 0.6 is 0 Å². The van der Waals surface area contributed by atoms with Crippen molar-refractivity contribution in [3.63, 3.8) is 0 Å². The second kappa shape index (κ2) is 6.91. The number of nitrogens with two attached hydrogens (primary N) is 1. The van der Waals surface area contributed by atoms with Crippen LogP contribution in [-0.4, -0.2) is 23.9 Å². The van der Waals surface area contributed by atoms with Gasteiger partial charge in [0, 0.05) is 13.6 Å². The van der Waals surface area contributed by atoms with Crippen molar-refractivity contribution >= 4 is 5.91 Å². The van der Waals surface area contributed by atoms with Gasteiger partial charge in [0.2, 0.25) is 5.91 Å². The molecule has 4 heteroatoms. The second-order valence-electron chi connectivity index (χ2n) is 5.24. The van der Waals surface area contributed by atoms with Crippen LogP contribution < -0.4 is 5.73 Å². The molecule has 0 spiro atoms. The molecule has 0 saturated carbocycles. The Bertz CT molecular complexity index is 477. The van der Waals surface area contributed by atoms with E-state index in [1.807, 2.05) is 26.0 Å². The lowest BCUT2D eigenvalue weighted by Gasteiger charge is -2.22. The Morgan fingerprint density at radius 1 is 1.47 bits per heavy atom. The molecule has 1 aromatic rings. The van der Waals surface area contributed by atoms with E-state index in [2.05, 4.69) is 6.07 Å². The van der Waals surface area contributed by atoms with Crippen LogP contribution in [0.25, 0.3) is 0 Å². The van der Waals surface area contributed by atoms with Gasteiger partial charge in [0.25, 0.3) is 0 Å². The maximum atomic E-state index is 12.1. The summed E-state index contributed by atoms with van der Waals surface area (Å²) in [6, 6.07) is 8.89. The SMILES string of the molecule is CC(C)CC(N)C(=O)N(C)Cc1cccc(C#N)c1. The summed E-state index contributed by atoms with van der Waals surface area (Å²) in [4.78, 5) is 13.7. The summed E-state index contributed by atoms with van der Waals surface area (Å²) in [6.45, 7) is 4.56. The molecule has 0 heterocycles. The second-order valence-corrected chi connectivity index (χ2v) is 5.24. The summed E-state index contributed by atoms with van der Waals surface area (Å²) < 4.78 is 0. The average molecular weight is 259 g/mol. The van der Waals surface area contributed by atoms with Crippen LogP contribution in [0, 0.1) is 17.2 Å². The highest BCUT2D eigenvalue weighted by atomic mass is 16.2. The maximum Gasteiger partial charge on any atom is 0.239 e. The zero-order chi connectivity index (χ0) is 14.4. The Hall–Kier alpha value is -1.86. The van der Waals surface area contributed by atoms with Gasteiger partial charge in [-0.2, -0.15) is 5.26 Å². The van der Waals surface area contributed by atoms with Crippen molar-refractivity contribution in [2.24, 2.45) is 11.7 Å². The number of carbonyl (C=O) groups excluding carboxylic acids is 1. The highest BCUT2D eigenvalue weighted by molar-refractivity contribution is 5.81. The fourth-order valence-corrected chi connectivity index (χ4v) is 1.98. The van der Waals surface area contributed by atoms with Gasteiger partial charge in [0.1, 0.15) is 0 Å². The summed E-state index contributed by atoms with van der Waals surface area (Å²) in [6.07, 6.45) is 0.682. The van der Waals surface area contributed by atoms with Crippen LogP contribution in [0.2, 0.25) is 0 Å². The quantitative estimate of drug-likeness (QED) is 0.877. The highest BCUT2D eigenvalue weighted by Crippen LogP contribution is 2.10. The van der Waals surface area contributed by atoms with E-state index in [1.165, 1.54) is 0 Å². The van der Waals surface area contributed by atoms with Gasteiger partial charge in [-0.3, -0.25) is 4.79 Å². The van der Waals surface area contributed by atoms with Gasteiger partial charge in [0.05, 0.1) is 17.7 Å². The van der Waals surface area contributed by atoms with Gasteiger partial charge in [-0.05, 0) is 30.0 Å². The molecule has 1 unspecified atom stereocenters. The lowest BCUT2D eigenvalue weighted by molar-refractivity contribution is -0.132. The van der Waals surface area contributed by atoms with Crippen molar-refractivity contribution in [3.8, 4) is 6.07 Å². The van der Waals surface area contributed by atoms with Crippen LogP contribution in [-0.2, 0) is 11.3 Å². The summed E-state index contributed by atoms with van der Waals surface area (Å²) in [5.74, 6) is 0.338. The van der Waals surface area contributed by atoms with E-state index in [1.54, 1.807) is 24.1 Å². The molecule has 19 heavy (non-hydrogen) atoms. The fourth-order valence-electron chi connectivity index (χ4n) is 1.98. The Kier molecular flexibility index (Phi) is 5.53.